The molecular weight excluding hydrogens is 235 g/mol. The molecule has 0 unspecified atom stereocenters. The van der Waals surface area contributed by atoms with Crippen LogP contribution in [0.5, 0.6) is 0 Å². The average Bonchev–Trinajstić information content (AvgIpc) is 2.26. The molecule has 1 rings (SSSR count). The van der Waals surface area contributed by atoms with E-state index < -0.39 is 20.7 Å². The second kappa shape index (κ2) is 5.59. The molecule has 0 aliphatic rings. The lowest BCUT2D eigenvalue weighted by Crippen LogP contribution is -2.16. The topological polar surface area (TPSA) is 42.0 Å². The zero-order valence-corrected chi connectivity index (χ0v) is 11.2. The molecule has 0 aliphatic heterocycles. The van der Waals surface area contributed by atoms with Gasteiger partial charge in [0.15, 0.2) is 6.67 Å². The number of nitrogens with zero attached hydrogens (tertiary/aromatic N) is 1. The Morgan fingerprint density at radius 1 is 1.47 bits per heavy atom. The number of halogens is 1. The summed E-state index contributed by atoms with van der Waals surface area (Å²) in [4.78, 5) is 15.0. The standard InChI is InChI=1S/C12H15FN2OSi/c1-17(2,3)8-7-10-5-4-6-11(14-10)15-12(16)9-13/h4-6H,9H2,1-3H3,(H,14,15,16). The number of carbonyl (C=O) groups excluding carboxylic acids is 1. The number of anilines is 1. The van der Waals surface area contributed by atoms with Crippen LogP contribution >= 0.6 is 0 Å². The van der Waals surface area contributed by atoms with E-state index in [4.69, 9.17) is 0 Å². The van der Waals surface area contributed by atoms with E-state index in [9.17, 15) is 9.18 Å². The van der Waals surface area contributed by atoms with Crippen LogP contribution in [0.15, 0.2) is 18.2 Å². The number of pyridine rings is 1. The van der Waals surface area contributed by atoms with Gasteiger partial charge in [0.1, 0.15) is 19.6 Å². The Kier molecular flexibility index (Phi) is 4.41. The number of alkyl halides is 1. The lowest BCUT2D eigenvalue weighted by atomic mass is 10.3. The molecule has 0 aromatic carbocycles. The maximum Gasteiger partial charge on any atom is 0.256 e. The van der Waals surface area contributed by atoms with Crippen molar-refractivity contribution in [2.75, 3.05) is 12.0 Å². The van der Waals surface area contributed by atoms with Gasteiger partial charge >= 0.3 is 0 Å². The predicted octanol–water partition coefficient (Wildman–Crippen LogP) is 2.22. The van der Waals surface area contributed by atoms with Crippen LogP contribution in [0.1, 0.15) is 5.69 Å². The first-order chi connectivity index (χ1) is 7.90. The molecule has 5 heteroatoms. The molecular formula is C12H15FN2OSi. The molecule has 1 amide bonds. The normalized spacial score (nSPS) is 10.4. The summed E-state index contributed by atoms with van der Waals surface area (Å²) in [6, 6.07) is 5.10. The van der Waals surface area contributed by atoms with Gasteiger partial charge in [0.25, 0.3) is 5.91 Å². The van der Waals surface area contributed by atoms with Crippen LogP contribution in [-0.4, -0.2) is 25.6 Å². The average molecular weight is 250 g/mol. The van der Waals surface area contributed by atoms with Crippen molar-refractivity contribution in [3.63, 3.8) is 0 Å². The second-order valence-electron chi connectivity index (χ2n) is 4.59. The van der Waals surface area contributed by atoms with Crippen molar-refractivity contribution in [3.05, 3.63) is 23.9 Å². The Balaban J connectivity index is 2.85. The molecule has 1 aromatic rings. The molecule has 0 bridgehead atoms. The van der Waals surface area contributed by atoms with Crippen LogP contribution in [0.4, 0.5) is 10.2 Å². The van der Waals surface area contributed by atoms with E-state index >= 15 is 0 Å². The van der Waals surface area contributed by atoms with E-state index in [2.05, 4.69) is 41.4 Å². The quantitative estimate of drug-likeness (QED) is 0.646. The minimum atomic E-state index is -1.44. The number of nitrogens with one attached hydrogen (secondary N) is 1. The smallest absolute Gasteiger partial charge is 0.256 e. The SMILES string of the molecule is C[Si](C)(C)C#Cc1cccc(NC(=O)CF)n1. The minimum Gasteiger partial charge on any atom is -0.308 e. The molecule has 0 fully saturated rings. The van der Waals surface area contributed by atoms with Crippen molar-refractivity contribution in [2.45, 2.75) is 19.6 Å². The third kappa shape index (κ3) is 5.27. The van der Waals surface area contributed by atoms with Crippen LogP contribution in [0.25, 0.3) is 0 Å². The molecule has 1 aromatic heterocycles. The predicted molar refractivity (Wildman–Crippen MR) is 69.1 cm³/mol. The van der Waals surface area contributed by atoms with Gasteiger partial charge in [0, 0.05) is 0 Å². The third-order valence-electron chi connectivity index (χ3n) is 1.70. The summed E-state index contributed by atoms with van der Waals surface area (Å²) in [6.45, 7) is 5.35. The van der Waals surface area contributed by atoms with Crippen LogP contribution in [0, 0.1) is 11.5 Å². The summed E-state index contributed by atoms with van der Waals surface area (Å²) in [5, 5.41) is 2.35. The van der Waals surface area contributed by atoms with Gasteiger partial charge in [-0.2, -0.15) is 0 Å². The summed E-state index contributed by atoms with van der Waals surface area (Å²) in [6.07, 6.45) is 0. The third-order valence-corrected chi connectivity index (χ3v) is 2.58. The van der Waals surface area contributed by atoms with Gasteiger partial charge < -0.3 is 5.32 Å². The highest BCUT2D eigenvalue weighted by Crippen LogP contribution is 2.05. The Morgan fingerprint density at radius 3 is 2.76 bits per heavy atom. The Bertz CT molecular complexity index is 471. The van der Waals surface area contributed by atoms with E-state index in [1.165, 1.54) is 0 Å². The first-order valence-corrected chi connectivity index (χ1v) is 8.77. The molecule has 0 spiro atoms. The van der Waals surface area contributed by atoms with Gasteiger partial charge in [-0.1, -0.05) is 31.6 Å². The monoisotopic (exact) mass is 250 g/mol. The Labute approximate surface area is 101 Å². The minimum absolute atomic E-state index is 0.329. The van der Waals surface area contributed by atoms with Crippen molar-refractivity contribution < 1.29 is 9.18 Å². The fourth-order valence-corrected chi connectivity index (χ4v) is 1.50. The molecule has 17 heavy (non-hydrogen) atoms. The number of amides is 1. The highest BCUT2D eigenvalue weighted by Gasteiger charge is 2.08. The lowest BCUT2D eigenvalue weighted by molar-refractivity contribution is -0.117. The molecule has 0 saturated heterocycles. The first-order valence-electron chi connectivity index (χ1n) is 5.27. The van der Waals surface area contributed by atoms with Crippen LogP contribution in [0.2, 0.25) is 19.6 Å². The molecule has 90 valence electrons. The number of hydrogen-bond acceptors (Lipinski definition) is 2. The van der Waals surface area contributed by atoms with Gasteiger partial charge in [0.05, 0.1) is 0 Å². The van der Waals surface area contributed by atoms with Crippen molar-refractivity contribution in [3.8, 4) is 11.5 Å². The number of carbonyl (C=O) groups is 1. The first kappa shape index (κ1) is 13.4. The summed E-state index contributed by atoms with van der Waals surface area (Å²) in [7, 11) is -1.44. The Hall–Kier alpha value is -1.67. The van der Waals surface area contributed by atoms with E-state index in [0.717, 1.165) is 0 Å². The number of rotatable bonds is 2. The van der Waals surface area contributed by atoms with Crippen molar-refractivity contribution in [2.24, 2.45) is 0 Å². The molecule has 3 nitrogen and oxygen atoms in total. The van der Waals surface area contributed by atoms with Crippen molar-refractivity contribution in [1.29, 1.82) is 0 Å². The highest BCUT2D eigenvalue weighted by molar-refractivity contribution is 6.83. The fraction of sp³-hybridized carbons (Fsp3) is 0.333. The zero-order valence-electron chi connectivity index (χ0n) is 10.2. The van der Waals surface area contributed by atoms with E-state index in [1.54, 1.807) is 18.2 Å². The zero-order chi connectivity index (χ0) is 12.9. The van der Waals surface area contributed by atoms with Crippen LogP contribution < -0.4 is 5.32 Å². The van der Waals surface area contributed by atoms with E-state index in [0.29, 0.717) is 11.5 Å². The van der Waals surface area contributed by atoms with Gasteiger partial charge in [-0.05, 0) is 12.1 Å². The maximum atomic E-state index is 12.0. The summed E-state index contributed by atoms with van der Waals surface area (Å²) in [5.74, 6) is 2.60. The van der Waals surface area contributed by atoms with Crippen LogP contribution in [0.3, 0.4) is 0 Å². The summed E-state index contributed by atoms with van der Waals surface area (Å²) < 4.78 is 12.0. The lowest BCUT2D eigenvalue weighted by Gasteiger charge is -2.04. The maximum absolute atomic E-state index is 12.0. The summed E-state index contributed by atoms with van der Waals surface area (Å²) >= 11 is 0. The molecule has 0 atom stereocenters. The number of aromatic nitrogens is 1. The molecule has 1 heterocycles. The summed E-state index contributed by atoms with van der Waals surface area (Å²) in [5.41, 5.74) is 3.76. The van der Waals surface area contributed by atoms with Gasteiger partial charge in [-0.15, -0.1) is 5.54 Å². The molecule has 0 aliphatic carbocycles. The van der Waals surface area contributed by atoms with Gasteiger partial charge in [-0.3, -0.25) is 4.79 Å². The van der Waals surface area contributed by atoms with E-state index in [-0.39, 0.29) is 0 Å². The van der Waals surface area contributed by atoms with E-state index in [1.807, 2.05) is 0 Å². The Morgan fingerprint density at radius 2 is 2.18 bits per heavy atom. The van der Waals surface area contributed by atoms with Crippen molar-refractivity contribution >= 4 is 19.8 Å². The molecule has 0 saturated carbocycles. The van der Waals surface area contributed by atoms with Crippen LogP contribution in [-0.2, 0) is 4.79 Å². The van der Waals surface area contributed by atoms with Gasteiger partial charge in [0.2, 0.25) is 0 Å². The fourth-order valence-electron chi connectivity index (χ4n) is 1.00. The van der Waals surface area contributed by atoms with Crippen molar-refractivity contribution in [1.82, 2.24) is 4.98 Å². The molecule has 1 N–H and O–H groups in total. The highest BCUT2D eigenvalue weighted by atomic mass is 28.3. The number of hydrogen-bond donors (Lipinski definition) is 1. The largest absolute Gasteiger partial charge is 0.308 e. The second-order valence-corrected chi connectivity index (χ2v) is 9.34. The van der Waals surface area contributed by atoms with Gasteiger partial charge in [-0.25, -0.2) is 9.37 Å². The molecule has 0 radical (unpaired) electrons.